The summed E-state index contributed by atoms with van der Waals surface area (Å²) in [6, 6.07) is 23.3. The van der Waals surface area contributed by atoms with Gasteiger partial charge in [0.1, 0.15) is 5.39 Å². The predicted octanol–water partition coefficient (Wildman–Crippen LogP) is 6.08. The van der Waals surface area contributed by atoms with Crippen LogP contribution in [0.1, 0.15) is 13.8 Å². The zero-order valence-corrected chi connectivity index (χ0v) is 23.3. The van der Waals surface area contributed by atoms with Crippen molar-refractivity contribution in [1.82, 2.24) is 24.2 Å². The van der Waals surface area contributed by atoms with Crippen LogP contribution >= 0.6 is 23.2 Å². The zero-order valence-electron chi connectivity index (χ0n) is 21.8. The van der Waals surface area contributed by atoms with E-state index < -0.39 is 0 Å². The lowest BCUT2D eigenvalue weighted by molar-refractivity contribution is 0.209. The van der Waals surface area contributed by atoms with Crippen LogP contribution in [-0.4, -0.2) is 56.5 Å². The highest BCUT2D eigenvalue weighted by Crippen LogP contribution is 2.33. The molecule has 7 nitrogen and oxygen atoms in total. The summed E-state index contributed by atoms with van der Waals surface area (Å²) in [7, 11) is 0. The molecule has 1 aliphatic rings. The van der Waals surface area contributed by atoms with Gasteiger partial charge in [-0.25, -0.2) is 9.67 Å². The largest absolute Gasteiger partial charge is 0.369 e. The minimum Gasteiger partial charge on any atom is -0.369 e. The highest BCUT2D eigenvalue weighted by molar-refractivity contribution is 6.33. The number of rotatable bonds is 5. The van der Waals surface area contributed by atoms with Crippen molar-refractivity contribution < 1.29 is 0 Å². The van der Waals surface area contributed by atoms with E-state index in [0.717, 1.165) is 37.6 Å². The summed E-state index contributed by atoms with van der Waals surface area (Å²) in [5.41, 5.74) is 3.42. The van der Waals surface area contributed by atoms with E-state index in [1.165, 1.54) is 0 Å². The molecule has 1 aliphatic heterocycles. The Morgan fingerprint density at radius 1 is 0.821 bits per heavy atom. The number of aromatic nitrogens is 4. The Hall–Kier alpha value is -3.65. The Labute approximate surface area is 236 Å². The highest BCUT2D eigenvalue weighted by Gasteiger charge is 2.23. The number of hydrogen-bond acceptors (Lipinski definition) is 5. The molecule has 0 atom stereocenters. The van der Waals surface area contributed by atoms with E-state index in [0.29, 0.717) is 44.2 Å². The van der Waals surface area contributed by atoms with E-state index in [2.05, 4.69) is 34.8 Å². The molecule has 9 heteroatoms. The van der Waals surface area contributed by atoms with Gasteiger partial charge >= 0.3 is 0 Å². The van der Waals surface area contributed by atoms with Gasteiger partial charge in [0, 0.05) is 48.5 Å². The van der Waals surface area contributed by atoms with Gasteiger partial charge in [-0.2, -0.15) is 5.10 Å². The highest BCUT2D eigenvalue weighted by atomic mass is 35.5. The van der Waals surface area contributed by atoms with Gasteiger partial charge in [-0.3, -0.25) is 14.3 Å². The molecule has 5 aromatic rings. The van der Waals surface area contributed by atoms with E-state index in [9.17, 15) is 4.79 Å². The Morgan fingerprint density at radius 3 is 2.18 bits per heavy atom. The first-order valence-corrected chi connectivity index (χ1v) is 13.8. The average Bonchev–Trinajstić information content (AvgIpc) is 3.39. The van der Waals surface area contributed by atoms with Crippen molar-refractivity contribution in [3.63, 3.8) is 0 Å². The van der Waals surface area contributed by atoms with Gasteiger partial charge in [0.2, 0.25) is 0 Å². The zero-order chi connectivity index (χ0) is 27.1. The van der Waals surface area contributed by atoms with Crippen molar-refractivity contribution >= 4 is 39.9 Å². The van der Waals surface area contributed by atoms with Crippen LogP contribution in [0.5, 0.6) is 0 Å². The molecule has 1 fully saturated rings. The molecular formula is C30H28Cl2N6O. The topological polar surface area (TPSA) is 59.2 Å². The van der Waals surface area contributed by atoms with E-state index in [1.54, 1.807) is 39.7 Å². The van der Waals surface area contributed by atoms with Crippen molar-refractivity contribution in [2.75, 3.05) is 31.1 Å². The number of halogens is 2. The fourth-order valence-corrected chi connectivity index (χ4v) is 5.50. The van der Waals surface area contributed by atoms with E-state index in [-0.39, 0.29) is 5.56 Å². The number of para-hydroxylation sites is 1. The molecular weight excluding hydrogens is 531 g/mol. The molecule has 0 aliphatic carbocycles. The normalized spacial score (nSPS) is 14.4. The van der Waals surface area contributed by atoms with Crippen molar-refractivity contribution in [2.24, 2.45) is 0 Å². The molecule has 0 bridgehead atoms. The lowest BCUT2D eigenvalue weighted by atomic mass is 10.1. The Bertz CT molecular complexity index is 1690. The lowest BCUT2D eigenvalue weighted by Crippen LogP contribution is -2.48. The van der Waals surface area contributed by atoms with E-state index in [1.807, 2.05) is 42.5 Å². The van der Waals surface area contributed by atoms with E-state index >= 15 is 0 Å². The fourth-order valence-electron chi connectivity index (χ4n) is 5.11. The van der Waals surface area contributed by atoms with Crippen LogP contribution in [0, 0.1) is 0 Å². The first kappa shape index (κ1) is 25.6. The molecule has 3 heterocycles. The van der Waals surface area contributed by atoms with Crippen molar-refractivity contribution in [1.29, 1.82) is 0 Å². The third kappa shape index (κ3) is 4.82. The number of fused-ring (bicyclic) bond motifs is 1. The average molecular weight is 560 g/mol. The smallest absolute Gasteiger partial charge is 0.269 e. The van der Waals surface area contributed by atoms with Crippen LogP contribution in [0.25, 0.3) is 33.8 Å². The van der Waals surface area contributed by atoms with Crippen LogP contribution in [0.3, 0.4) is 0 Å². The Balaban J connectivity index is 1.49. The molecule has 1 saturated heterocycles. The molecule has 0 unspecified atom stereocenters. The van der Waals surface area contributed by atoms with Crippen LogP contribution in [0.2, 0.25) is 10.0 Å². The summed E-state index contributed by atoms with van der Waals surface area (Å²) in [6.07, 6.45) is 1.56. The summed E-state index contributed by atoms with van der Waals surface area (Å²) in [5, 5.41) is 6.02. The summed E-state index contributed by atoms with van der Waals surface area (Å²) < 4.78 is 3.26. The molecule has 3 aromatic carbocycles. The molecule has 0 N–H and O–H groups in total. The summed E-state index contributed by atoms with van der Waals surface area (Å²) >= 11 is 13.1. The van der Waals surface area contributed by atoms with E-state index in [4.69, 9.17) is 28.2 Å². The third-order valence-corrected chi connectivity index (χ3v) is 7.85. The van der Waals surface area contributed by atoms with Gasteiger partial charge in [-0.05, 0) is 68.4 Å². The molecule has 0 amide bonds. The van der Waals surface area contributed by atoms with Crippen LogP contribution in [-0.2, 0) is 0 Å². The maximum atomic E-state index is 13.9. The van der Waals surface area contributed by atoms with Crippen molar-refractivity contribution in [3.05, 3.63) is 99.4 Å². The van der Waals surface area contributed by atoms with Gasteiger partial charge in [-0.15, -0.1) is 0 Å². The van der Waals surface area contributed by atoms with Crippen LogP contribution in [0.15, 0.2) is 83.8 Å². The lowest BCUT2D eigenvalue weighted by Gasteiger charge is -2.38. The second-order valence-electron chi connectivity index (χ2n) is 9.96. The van der Waals surface area contributed by atoms with Gasteiger partial charge in [0.25, 0.3) is 5.56 Å². The Kier molecular flexibility index (Phi) is 6.89. The summed E-state index contributed by atoms with van der Waals surface area (Å²) in [6.45, 7) is 8.35. The monoisotopic (exact) mass is 558 g/mol. The molecule has 0 spiro atoms. The molecule has 2 aromatic heterocycles. The van der Waals surface area contributed by atoms with Gasteiger partial charge in [-0.1, -0.05) is 41.4 Å². The molecule has 6 rings (SSSR count). The summed E-state index contributed by atoms with van der Waals surface area (Å²) in [4.78, 5) is 23.8. The summed E-state index contributed by atoms with van der Waals surface area (Å²) in [5.74, 6) is 0.439. The third-order valence-electron chi connectivity index (χ3n) is 7.29. The predicted molar refractivity (Wildman–Crippen MR) is 159 cm³/mol. The number of piperazine rings is 1. The minimum atomic E-state index is -0.232. The van der Waals surface area contributed by atoms with Crippen LogP contribution < -0.4 is 10.5 Å². The second-order valence-corrected chi connectivity index (χ2v) is 10.8. The molecule has 0 radical (unpaired) electrons. The molecule has 0 saturated carbocycles. The van der Waals surface area contributed by atoms with Gasteiger partial charge in [0.15, 0.2) is 11.5 Å². The number of nitrogens with zero attached hydrogens (tertiary/aromatic N) is 6. The number of hydrogen-bond donors (Lipinski definition) is 0. The van der Waals surface area contributed by atoms with Crippen molar-refractivity contribution in [2.45, 2.75) is 19.9 Å². The number of anilines is 1. The Morgan fingerprint density at radius 2 is 1.51 bits per heavy atom. The maximum Gasteiger partial charge on any atom is 0.269 e. The van der Waals surface area contributed by atoms with Gasteiger partial charge < -0.3 is 4.90 Å². The first-order chi connectivity index (χ1) is 18.9. The number of benzene rings is 3. The maximum absolute atomic E-state index is 13.9. The first-order valence-electron chi connectivity index (χ1n) is 13.0. The quantitative estimate of drug-likeness (QED) is 0.262. The van der Waals surface area contributed by atoms with Gasteiger partial charge in [0.05, 0.1) is 22.6 Å². The SMILES string of the molecule is CC(C)N1CCN(c2ccc(-c3nc4c(cnn4-c4ccccc4)c(=O)n3-c3ccc(Cl)cc3)c(Cl)c2)CC1. The fraction of sp³-hybridized carbons (Fsp3) is 0.233. The van der Waals surface area contributed by atoms with Crippen molar-refractivity contribution in [3.8, 4) is 22.8 Å². The second kappa shape index (κ2) is 10.5. The minimum absolute atomic E-state index is 0.232. The molecule has 198 valence electrons. The standard InChI is InChI=1S/C30H28Cl2N6O/c1-20(2)35-14-16-36(17-15-35)24-12-13-25(27(32)18-24)28-34-29-26(19-33-38(29)23-6-4-3-5-7-23)30(39)37(28)22-10-8-21(31)9-11-22/h3-13,18-20H,14-17H2,1-2H3. The molecule has 39 heavy (non-hydrogen) atoms. The van der Waals surface area contributed by atoms with Crippen LogP contribution in [0.4, 0.5) is 5.69 Å².